The number of hydrogen-bond acceptors (Lipinski definition) is 7. The first kappa shape index (κ1) is 40.2. The third-order valence-corrected chi connectivity index (χ3v) is 10.6. The third kappa shape index (κ3) is 11.7. The minimum Gasteiger partial charge on any atom is -0.508 e. The molecule has 0 aliphatic heterocycles. The number of aliphatic hydroxyl groups excluding tert-OH is 1. The smallest absolute Gasteiger partial charge is 0.405 e. The predicted octanol–water partition coefficient (Wildman–Crippen LogP) is 10.3. The zero-order chi connectivity index (χ0) is 35.4. The molecule has 0 radical (unpaired) electrons. The van der Waals surface area contributed by atoms with E-state index in [1.165, 1.54) is 0 Å². The van der Waals surface area contributed by atoms with Crippen LogP contribution in [0.2, 0.25) is 0 Å². The molecule has 0 aromatic heterocycles. The SMILES string of the molecule is C[C@H]1CCCC[C@H](CCCCCl)c2c(O)cc(cc2O)[C@H](OC(N)=O)[C@@H](C)CCCC[C@H](CCCC(Cl)Cl)c2c(O)cc(cc2O)[C@@H]1O. The number of carbonyl (C=O) groups is 1. The Hall–Kier alpha value is -2.26. The monoisotopic (exact) mass is 729 g/mol. The molecule has 0 unspecified atom stereocenters. The number of aromatic hydroxyl groups is 4. The van der Waals surface area contributed by atoms with E-state index in [0.717, 1.165) is 44.9 Å². The summed E-state index contributed by atoms with van der Waals surface area (Å²) in [5.74, 6) is -0.281. The number of carbonyl (C=O) groups excluding carboxylic acids is 1. The first-order valence-corrected chi connectivity index (χ1v) is 18.8. The van der Waals surface area contributed by atoms with Crippen LogP contribution in [0.1, 0.15) is 150 Å². The molecule has 2 aromatic rings. The molecule has 11 heteroatoms. The number of hydrogen-bond donors (Lipinski definition) is 6. The molecule has 0 saturated carbocycles. The van der Waals surface area contributed by atoms with Crippen molar-refractivity contribution in [2.45, 2.75) is 133 Å². The maximum absolute atomic E-state index is 12.0. The van der Waals surface area contributed by atoms with Crippen molar-refractivity contribution in [3.05, 3.63) is 46.5 Å². The van der Waals surface area contributed by atoms with Crippen molar-refractivity contribution in [2.24, 2.45) is 17.6 Å². The second kappa shape index (κ2) is 19.8. The van der Waals surface area contributed by atoms with Gasteiger partial charge in [0.25, 0.3) is 0 Å². The first-order chi connectivity index (χ1) is 22.8. The highest BCUT2D eigenvalue weighted by Crippen LogP contribution is 2.45. The molecule has 0 spiro atoms. The van der Waals surface area contributed by atoms with Gasteiger partial charge in [0.1, 0.15) is 33.9 Å². The molecule has 4 aliphatic rings. The number of primary amides is 1. The van der Waals surface area contributed by atoms with Crippen LogP contribution in [-0.2, 0) is 4.74 Å². The largest absolute Gasteiger partial charge is 0.508 e. The summed E-state index contributed by atoms with van der Waals surface area (Å²) >= 11 is 17.9. The molecule has 0 saturated heterocycles. The lowest BCUT2D eigenvalue weighted by molar-refractivity contribution is 0.0690. The van der Waals surface area contributed by atoms with Gasteiger partial charge in [-0.1, -0.05) is 52.4 Å². The molecule has 0 fully saturated rings. The van der Waals surface area contributed by atoms with Crippen molar-refractivity contribution < 1.29 is 35.1 Å². The number of aliphatic hydroxyl groups is 1. The molecular weight excluding hydrogens is 677 g/mol. The molecule has 6 atom stereocenters. The van der Waals surface area contributed by atoms with Gasteiger partial charge in [0.15, 0.2) is 0 Å². The van der Waals surface area contributed by atoms with Gasteiger partial charge in [0, 0.05) is 22.6 Å². The Morgan fingerprint density at radius 3 is 1.71 bits per heavy atom. The fourth-order valence-electron chi connectivity index (χ4n) is 7.32. The summed E-state index contributed by atoms with van der Waals surface area (Å²) in [6.07, 6.45) is 7.44. The van der Waals surface area contributed by atoms with Crippen molar-refractivity contribution in [2.75, 3.05) is 5.88 Å². The fourth-order valence-corrected chi connectivity index (χ4v) is 7.82. The number of nitrogens with two attached hydrogens (primary N) is 1. The average Bonchev–Trinajstić information content (AvgIpc) is 3.01. The molecule has 0 heterocycles. The lowest BCUT2D eigenvalue weighted by Crippen LogP contribution is -2.22. The van der Waals surface area contributed by atoms with Gasteiger partial charge in [-0.25, -0.2) is 4.79 Å². The maximum Gasteiger partial charge on any atom is 0.405 e. The van der Waals surface area contributed by atoms with Crippen LogP contribution in [0.25, 0.3) is 0 Å². The number of ether oxygens (including phenoxy) is 1. The van der Waals surface area contributed by atoms with Crippen LogP contribution >= 0.6 is 34.8 Å². The van der Waals surface area contributed by atoms with Crippen LogP contribution in [0.15, 0.2) is 24.3 Å². The number of unbranched alkanes of at least 4 members (excludes halogenated alkanes) is 1. The Kier molecular flexibility index (Phi) is 16.6. The normalized spacial score (nSPS) is 24.6. The maximum atomic E-state index is 12.0. The Balaban J connectivity index is 1.98. The second-order valence-electron chi connectivity index (χ2n) is 13.7. The summed E-state index contributed by atoms with van der Waals surface area (Å²) in [5, 5.41) is 56.1. The molecule has 48 heavy (non-hydrogen) atoms. The zero-order valence-corrected chi connectivity index (χ0v) is 30.5. The number of halogens is 3. The second-order valence-corrected chi connectivity index (χ2v) is 15.3. The van der Waals surface area contributed by atoms with E-state index in [0.29, 0.717) is 73.1 Å². The molecule has 7 N–H and O–H groups in total. The summed E-state index contributed by atoms with van der Waals surface area (Å²) in [7, 11) is 0. The van der Waals surface area contributed by atoms with Gasteiger partial charge >= 0.3 is 6.09 Å². The molecule has 6 rings (SSSR count). The van der Waals surface area contributed by atoms with Crippen LogP contribution < -0.4 is 5.73 Å². The highest BCUT2D eigenvalue weighted by atomic mass is 35.5. The molecular formula is C37H54Cl3NO7. The standard InChI is InChI=1S/C37H54Cl3NO7/c1-22-10-3-5-12-24(14-7-8-17-38)33-30(44)20-27(21-31(33)45)36(48-37(41)47)23(2)11-4-6-13-25(15-9-16-32(39)40)34-28(42)18-26(35(22)46)19-29(34)43/h18-25,32,35-36,42-46H,3-17H2,1-2H3,(H2,41,47)/t22-,23-,24+,25+,35+,36+/m0/s1. The van der Waals surface area contributed by atoms with Gasteiger partial charge < -0.3 is 36.0 Å². The summed E-state index contributed by atoms with van der Waals surface area (Å²) in [6, 6.07) is 6.28. The summed E-state index contributed by atoms with van der Waals surface area (Å²) in [4.78, 5) is 11.5. The Morgan fingerprint density at radius 1 is 0.771 bits per heavy atom. The van der Waals surface area contributed by atoms with Gasteiger partial charge in [-0.15, -0.1) is 34.8 Å². The third-order valence-electron chi connectivity index (χ3n) is 9.94. The van der Waals surface area contributed by atoms with Crippen LogP contribution in [-0.4, -0.2) is 42.3 Å². The number of phenolic OH excluding ortho intramolecular Hbond substituents is 4. The zero-order valence-electron chi connectivity index (χ0n) is 28.2. The number of phenols is 4. The molecule has 4 bridgehead atoms. The Bertz CT molecular complexity index is 1260. The lowest BCUT2D eigenvalue weighted by Gasteiger charge is -2.27. The van der Waals surface area contributed by atoms with E-state index in [1.807, 2.05) is 13.8 Å². The highest BCUT2D eigenvalue weighted by Gasteiger charge is 2.29. The minimum absolute atomic E-state index is 0.0394. The number of rotatable bonds is 9. The topological polar surface area (TPSA) is 153 Å². The lowest BCUT2D eigenvalue weighted by atomic mass is 9.83. The summed E-state index contributed by atoms with van der Waals surface area (Å²) < 4.78 is 5.55. The summed E-state index contributed by atoms with van der Waals surface area (Å²) in [6.45, 7) is 3.88. The number of benzene rings is 2. The van der Waals surface area contributed by atoms with E-state index in [1.54, 1.807) is 24.3 Å². The van der Waals surface area contributed by atoms with E-state index >= 15 is 0 Å². The van der Waals surface area contributed by atoms with Crippen LogP contribution in [0.5, 0.6) is 23.0 Å². The van der Waals surface area contributed by atoms with Crippen molar-refractivity contribution in [3.63, 3.8) is 0 Å². The average molecular weight is 731 g/mol. The van der Waals surface area contributed by atoms with Crippen molar-refractivity contribution in [3.8, 4) is 23.0 Å². The van der Waals surface area contributed by atoms with E-state index in [2.05, 4.69) is 0 Å². The number of alkyl halides is 3. The summed E-state index contributed by atoms with van der Waals surface area (Å²) in [5.41, 5.74) is 7.33. The molecule has 1 amide bonds. The van der Waals surface area contributed by atoms with Crippen LogP contribution in [0.4, 0.5) is 4.79 Å². The number of amides is 1. The van der Waals surface area contributed by atoms with Crippen molar-refractivity contribution >= 4 is 40.9 Å². The van der Waals surface area contributed by atoms with E-state index in [4.69, 9.17) is 45.3 Å². The van der Waals surface area contributed by atoms with Crippen molar-refractivity contribution in [1.29, 1.82) is 0 Å². The fraction of sp³-hybridized carbons (Fsp3) is 0.649. The van der Waals surface area contributed by atoms with Crippen molar-refractivity contribution in [1.82, 2.24) is 0 Å². The molecule has 8 nitrogen and oxygen atoms in total. The minimum atomic E-state index is -0.944. The molecule has 2 aromatic carbocycles. The first-order valence-electron chi connectivity index (χ1n) is 17.4. The van der Waals surface area contributed by atoms with E-state index in [-0.39, 0.29) is 46.7 Å². The van der Waals surface area contributed by atoms with E-state index < -0.39 is 23.1 Å². The van der Waals surface area contributed by atoms with Crippen LogP contribution in [0.3, 0.4) is 0 Å². The van der Waals surface area contributed by atoms with Crippen LogP contribution in [0, 0.1) is 11.8 Å². The predicted molar refractivity (Wildman–Crippen MR) is 193 cm³/mol. The Labute approximate surface area is 300 Å². The van der Waals surface area contributed by atoms with Gasteiger partial charge in [0.2, 0.25) is 0 Å². The van der Waals surface area contributed by atoms with Gasteiger partial charge in [-0.05, 0) is 105 Å². The van der Waals surface area contributed by atoms with Gasteiger partial charge in [0.05, 0.1) is 6.10 Å². The molecule has 4 aliphatic carbocycles. The quantitative estimate of drug-likeness (QED) is 0.111. The van der Waals surface area contributed by atoms with Gasteiger partial charge in [-0.2, -0.15) is 0 Å². The van der Waals surface area contributed by atoms with Gasteiger partial charge in [-0.3, -0.25) is 0 Å². The molecule has 270 valence electrons. The highest BCUT2D eigenvalue weighted by molar-refractivity contribution is 6.44. The Morgan fingerprint density at radius 2 is 1.23 bits per heavy atom. The van der Waals surface area contributed by atoms with E-state index in [9.17, 15) is 30.3 Å².